The van der Waals surface area contributed by atoms with Gasteiger partial charge >= 0.3 is 0 Å². The highest BCUT2D eigenvalue weighted by atomic mass is 16.2. The molecule has 0 radical (unpaired) electrons. The molecule has 0 spiro atoms. The Kier molecular flexibility index (Phi) is 6.39. The Morgan fingerprint density at radius 3 is 2.72 bits per heavy atom. The molecule has 2 N–H and O–H groups in total. The minimum Gasteiger partial charge on any atom is -0.325 e. The van der Waals surface area contributed by atoms with Crippen molar-refractivity contribution in [3.8, 4) is 0 Å². The van der Waals surface area contributed by atoms with Crippen molar-refractivity contribution in [1.82, 2.24) is 10.2 Å². The minimum absolute atomic E-state index is 0.0382. The minimum atomic E-state index is 0.0382. The first-order chi connectivity index (χ1) is 8.63. The van der Waals surface area contributed by atoms with E-state index in [1.807, 2.05) is 50.2 Å². The molecule has 1 amide bonds. The number of carbonyl (C=O) groups is 1. The van der Waals surface area contributed by atoms with Gasteiger partial charge in [0.1, 0.15) is 0 Å². The Bertz CT molecular complexity index is 379. The number of benzene rings is 1. The normalized spacial score (nSPS) is 10.7. The van der Waals surface area contributed by atoms with Gasteiger partial charge in [-0.1, -0.05) is 18.2 Å². The molecule has 0 unspecified atom stereocenters. The maximum Gasteiger partial charge on any atom is 0.238 e. The van der Waals surface area contributed by atoms with Crippen LogP contribution in [0.3, 0.4) is 0 Å². The van der Waals surface area contributed by atoms with Crippen molar-refractivity contribution in [3.63, 3.8) is 0 Å². The second-order valence-electron chi connectivity index (χ2n) is 4.56. The van der Waals surface area contributed by atoms with Crippen molar-refractivity contribution in [2.75, 3.05) is 39.0 Å². The summed E-state index contributed by atoms with van der Waals surface area (Å²) in [5.74, 6) is 0.0382. The molecule has 1 rings (SSSR count). The third-order valence-corrected chi connectivity index (χ3v) is 2.80. The first kappa shape index (κ1) is 14.7. The summed E-state index contributed by atoms with van der Waals surface area (Å²) >= 11 is 0. The Balaban J connectivity index is 2.35. The van der Waals surface area contributed by atoms with Gasteiger partial charge in [-0.2, -0.15) is 0 Å². The monoisotopic (exact) mass is 249 g/mol. The second kappa shape index (κ2) is 7.84. The highest BCUT2D eigenvalue weighted by Gasteiger charge is 2.07. The Morgan fingerprint density at radius 2 is 2.06 bits per heavy atom. The lowest BCUT2D eigenvalue weighted by atomic mass is 10.2. The van der Waals surface area contributed by atoms with Crippen LogP contribution in [0.25, 0.3) is 0 Å². The molecule has 4 heteroatoms. The number of amides is 1. The van der Waals surface area contributed by atoms with Crippen LogP contribution in [-0.4, -0.2) is 44.5 Å². The van der Waals surface area contributed by atoms with Gasteiger partial charge < -0.3 is 10.6 Å². The molecule has 0 heterocycles. The van der Waals surface area contributed by atoms with E-state index in [1.54, 1.807) is 0 Å². The van der Waals surface area contributed by atoms with E-state index in [-0.39, 0.29) is 5.91 Å². The molecule has 0 aromatic heterocycles. The summed E-state index contributed by atoms with van der Waals surface area (Å²) in [6.45, 7) is 4.32. The van der Waals surface area contributed by atoms with Gasteiger partial charge in [0.2, 0.25) is 5.91 Å². The maximum absolute atomic E-state index is 11.8. The first-order valence-corrected chi connectivity index (χ1v) is 6.32. The third-order valence-electron chi connectivity index (χ3n) is 2.80. The van der Waals surface area contributed by atoms with Gasteiger partial charge in [0.15, 0.2) is 0 Å². The number of nitrogens with one attached hydrogen (secondary N) is 2. The van der Waals surface area contributed by atoms with Crippen LogP contribution in [0.15, 0.2) is 24.3 Å². The average Bonchev–Trinajstić information content (AvgIpc) is 2.32. The average molecular weight is 249 g/mol. The summed E-state index contributed by atoms with van der Waals surface area (Å²) in [6.07, 6.45) is 1.05. The number of rotatable bonds is 7. The van der Waals surface area contributed by atoms with E-state index in [2.05, 4.69) is 10.6 Å². The van der Waals surface area contributed by atoms with Crippen molar-refractivity contribution in [1.29, 1.82) is 0 Å². The van der Waals surface area contributed by atoms with E-state index in [0.29, 0.717) is 6.54 Å². The van der Waals surface area contributed by atoms with Crippen LogP contribution in [0.4, 0.5) is 5.69 Å². The lowest BCUT2D eigenvalue weighted by Crippen LogP contribution is -2.32. The van der Waals surface area contributed by atoms with Crippen LogP contribution in [0.2, 0.25) is 0 Å². The highest BCUT2D eigenvalue weighted by Crippen LogP contribution is 2.12. The summed E-state index contributed by atoms with van der Waals surface area (Å²) < 4.78 is 0. The predicted molar refractivity (Wildman–Crippen MR) is 75.8 cm³/mol. The lowest BCUT2D eigenvalue weighted by molar-refractivity contribution is -0.117. The molecule has 1 aromatic rings. The third kappa shape index (κ3) is 5.29. The molecule has 0 saturated carbocycles. The topological polar surface area (TPSA) is 44.4 Å². The summed E-state index contributed by atoms with van der Waals surface area (Å²) in [5.41, 5.74) is 1.98. The number of para-hydroxylation sites is 1. The van der Waals surface area contributed by atoms with Gasteiger partial charge in [-0.15, -0.1) is 0 Å². The number of aryl methyl sites for hydroxylation is 1. The van der Waals surface area contributed by atoms with E-state index in [1.165, 1.54) is 0 Å². The molecule has 1 aromatic carbocycles. The lowest BCUT2D eigenvalue weighted by Gasteiger charge is -2.16. The quantitative estimate of drug-likeness (QED) is 0.719. The van der Waals surface area contributed by atoms with E-state index in [0.717, 1.165) is 30.8 Å². The van der Waals surface area contributed by atoms with Gasteiger partial charge in [0.05, 0.1) is 6.54 Å². The summed E-state index contributed by atoms with van der Waals surface area (Å²) in [4.78, 5) is 13.9. The van der Waals surface area contributed by atoms with E-state index >= 15 is 0 Å². The van der Waals surface area contributed by atoms with Crippen molar-refractivity contribution in [2.45, 2.75) is 13.3 Å². The van der Waals surface area contributed by atoms with Crippen LogP contribution in [0.5, 0.6) is 0 Å². The summed E-state index contributed by atoms with van der Waals surface area (Å²) in [7, 11) is 3.90. The summed E-state index contributed by atoms with van der Waals surface area (Å²) in [6, 6.07) is 7.81. The number of likely N-dealkylation sites (N-methyl/N-ethyl adjacent to an activating group) is 1. The van der Waals surface area contributed by atoms with Gasteiger partial charge in [0, 0.05) is 5.69 Å². The van der Waals surface area contributed by atoms with E-state index < -0.39 is 0 Å². The zero-order valence-corrected chi connectivity index (χ0v) is 11.5. The molecule has 0 atom stereocenters. The smallest absolute Gasteiger partial charge is 0.238 e. The molecule has 0 bridgehead atoms. The number of nitrogens with zero attached hydrogens (tertiary/aromatic N) is 1. The van der Waals surface area contributed by atoms with Gasteiger partial charge in [-0.05, 0) is 52.2 Å². The van der Waals surface area contributed by atoms with Crippen molar-refractivity contribution in [2.24, 2.45) is 0 Å². The number of hydrogen-bond donors (Lipinski definition) is 2. The Labute approximate surface area is 109 Å². The summed E-state index contributed by atoms with van der Waals surface area (Å²) in [5, 5.41) is 6.03. The maximum atomic E-state index is 11.8. The van der Waals surface area contributed by atoms with Crippen molar-refractivity contribution >= 4 is 11.6 Å². The zero-order valence-electron chi connectivity index (χ0n) is 11.5. The standard InChI is InChI=1S/C14H23N3O/c1-12-7-4-5-8-13(12)16-14(18)11-17(3)10-6-9-15-2/h4-5,7-8,15H,6,9-11H2,1-3H3,(H,16,18). The van der Waals surface area contributed by atoms with Crippen LogP contribution in [0.1, 0.15) is 12.0 Å². The Morgan fingerprint density at radius 1 is 1.33 bits per heavy atom. The molecular weight excluding hydrogens is 226 g/mol. The molecule has 0 fully saturated rings. The fourth-order valence-electron chi connectivity index (χ4n) is 1.75. The SMILES string of the molecule is CNCCCN(C)CC(=O)Nc1ccccc1C. The number of carbonyl (C=O) groups excluding carboxylic acids is 1. The van der Waals surface area contributed by atoms with E-state index in [9.17, 15) is 4.79 Å². The predicted octanol–water partition coefficient (Wildman–Crippen LogP) is 1.47. The van der Waals surface area contributed by atoms with Crippen molar-refractivity contribution < 1.29 is 4.79 Å². The second-order valence-corrected chi connectivity index (χ2v) is 4.56. The highest BCUT2D eigenvalue weighted by molar-refractivity contribution is 5.92. The van der Waals surface area contributed by atoms with Crippen molar-refractivity contribution in [3.05, 3.63) is 29.8 Å². The van der Waals surface area contributed by atoms with E-state index in [4.69, 9.17) is 0 Å². The molecule has 0 aliphatic heterocycles. The fraction of sp³-hybridized carbons (Fsp3) is 0.500. The fourth-order valence-corrected chi connectivity index (χ4v) is 1.75. The van der Waals surface area contributed by atoms with Gasteiger partial charge in [-0.3, -0.25) is 9.69 Å². The molecule has 0 aliphatic carbocycles. The zero-order chi connectivity index (χ0) is 13.4. The van der Waals surface area contributed by atoms with Gasteiger partial charge in [0.25, 0.3) is 0 Å². The molecule has 18 heavy (non-hydrogen) atoms. The van der Waals surface area contributed by atoms with Crippen LogP contribution in [0, 0.1) is 6.92 Å². The number of hydrogen-bond acceptors (Lipinski definition) is 3. The molecule has 4 nitrogen and oxygen atoms in total. The van der Waals surface area contributed by atoms with Crippen LogP contribution in [-0.2, 0) is 4.79 Å². The Hall–Kier alpha value is -1.39. The molecule has 0 aliphatic rings. The van der Waals surface area contributed by atoms with Crippen LogP contribution >= 0.6 is 0 Å². The number of anilines is 1. The largest absolute Gasteiger partial charge is 0.325 e. The van der Waals surface area contributed by atoms with Gasteiger partial charge in [-0.25, -0.2) is 0 Å². The molecule has 100 valence electrons. The molecule has 0 saturated heterocycles. The van der Waals surface area contributed by atoms with Crippen LogP contribution < -0.4 is 10.6 Å². The first-order valence-electron chi connectivity index (χ1n) is 6.32. The molecular formula is C14H23N3O.